The molecule has 1 heterocycles. The predicted octanol–water partition coefficient (Wildman–Crippen LogP) is 0.929. The summed E-state index contributed by atoms with van der Waals surface area (Å²) in [5.41, 5.74) is -0.545. The maximum absolute atomic E-state index is 12.6. The molecular formula is C13H24N2O3. The monoisotopic (exact) mass is 256 g/mol. The molecule has 18 heavy (non-hydrogen) atoms. The lowest BCUT2D eigenvalue weighted by Crippen LogP contribution is -2.60. The van der Waals surface area contributed by atoms with E-state index in [-0.39, 0.29) is 24.5 Å². The van der Waals surface area contributed by atoms with E-state index in [4.69, 9.17) is 0 Å². The second kappa shape index (κ2) is 6.18. The summed E-state index contributed by atoms with van der Waals surface area (Å²) in [5, 5.41) is 3.28. The summed E-state index contributed by atoms with van der Waals surface area (Å²) in [6.45, 7) is 6.61. The van der Waals surface area contributed by atoms with Gasteiger partial charge in [0.25, 0.3) is 0 Å². The summed E-state index contributed by atoms with van der Waals surface area (Å²) >= 11 is 0. The Hall–Kier alpha value is -1.10. The highest BCUT2D eigenvalue weighted by Crippen LogP contribution is 2.22. The van der Waals surface area contributed by atoms with Gasteiger partial charge in [-0.2, -0.15) is 0 Å². The molecule has 0 bridgehead atoms. The zero-order valence-electron chi connectivity index (χ0n) is 11.8. The summed E-state index contributed by atoms with van der Waals surface area (Å²) in [5.74, 6) is -0.390. The van der Waals surface area contributed by atoms with Crippen LogP contribution in [0.1, 0.15) is 40.0 Å². The molecule has 5 heteroatoms. The maximum atomic E-state index is 12.6. The quantitative estimate of drug-likeness (QED) is 0.760. The summed E-state index contributed by atoms with van der Waals surface area (Å²) in [6, 6.07) is -0.0165. The molecule has 1 rings (SSSR count). The van der Waals surface area contributed by atoms with Crippen LogP contribution in [0.5, 0.6) is 0 Å². The Morgan fingerprint density at radius 2 is 2.06 bits per heavy atom. The number of esters is 1. The molecule has 1 atom stereocenters. The number of nitrogens with one attached hydrogen (secondary N) is 1. The Balaban J connectivity index is 2.78. The predicted molar refractivity (Wildman–Crippen MR) is 69.1 cm³/mol. The molecule has 104 valence electrons. The molecule has 0 saturated carbocycles. The average molecular weight is 256 g/mol. The molecule has 0 aromatic heterocycles. The van der Waals surface area contributed by atoms with Crippen LogP contribution in [0.25, 0.3) is 0 Å². The molecule has 1 unspecified atom stereocenters. The molecule has 0 spiro atoms. The van der Waals surface area contributed by atoms with Gasteiger partial charge in [0.2, 0.25) is 5.91 Å². The van der Waals surface area contributed by atoms with Crippen molar-refractivity contribution in [3.05, 3.63) is 0 Å². The van der Waals surface area contributed by atoms with Gasteiger partial charge in [-0.15, -0.1) is 0 Å². The molecule has 0 aliphatic carbocycles. The maximum Gasteiger partial charge on any atom is 0.325 e. The van der Waals surface area contributed by atoms with E-state index in [2.05, 4.69) is 10.1 Å². The van der Waals surface area contributed by atoms with E-state index in [0.717, 1.165) is 25.8 Å². The normalized spacial score (nSPS) is 23.8. The van der Waals surface area contributed by atoms with Gasteiger partial charge in [-0.25, -0.2) is 0 Å². The van der Waals surface area contributed by atoms with Crippen molar-refractivity contribution in [1.82, 2.24) is 10.2 Å². The van der Waals surface area contributed by atoms with Crippen LogP contribution in [0, 0.1) is 0 Å². The smallest absolute Gasteiger partial charge is 0.325 e. The Morgan fingerprint density at radius 3 is 2.50 bits per heavy atom. The zero-order chi connectivity index (χ0) is 13.8. The minimum atomic E-state index is -0.545. The largest absolute Gasteiger partial charge is 0.468 e. The van der Waals surface area contributed by atoms with Crippen molar-refractivity contribution in [3.63, 3.8) is 0 Å². The Kier molecular flexibility index (Phi) is 5.14. The highest BCUT2D eigenvalue weighted by atomic mass is 16.5. The lowest BCUT2D eigenvalue weighted by molar-refractivity contribution is -0.151. The molecule has 1 aliphatic heterocycles. The third-order valence-electron chi connectivity index (χ3n) is 3.50. The number of hydrogen-bond donors (Lipinski definition) is 1. The molecule has 0 aromatic carbocycles. The number of carbonyl (C=O) groups excluding carboxylic acids is 2. The van der Waals surface area contributed by atoms with Crippen molar-refractivity contribution >= 4 is 11.9 Å². The number of rotatable bonds is 4. The zero-order valence-corrected chi connectivity index (χ0v) is 11.8. The number of methoxy groups -OCH3 is 1. The van der Waals surface area contributed by atoms with E-state index in [9.17, 15) is 9.59 Å². The number of nitrogens with zero attached hydrogens (tertiary/aromatic N) is 1. The lowest BCUT2D eigenvalue weighted by Gasteiger charge is -2.39. The number of carbonyl (C=O) groups is 2. The molecule has 1 saturated heterocycles. The molecule has 1 fully saturated rings. The van der Waals surface area contributed by atoms with Crippen LogP contribution in [0.3, 0.4) is 0 Å². The minimum Gasteiger partial charge on any atom is -0.468 e. The fraction of sp³-hybridized carbons (Fsp3) is 0.846. The molecule has 1 aliphatic rings. The van der Waals surface area contributed by atoms with E-state index in [1.807, 2.05) is 20.8 Å². The highest BCUT2D eigenvalue weighted by molar-refractivity contribution is 5.89. The van der Waals surface area contributed by atoms with Crippen molar-refractivity contribution in [1.29, 1.82) is 0 Å². The SMILES string of the molecule is COC(=O)CN(C(=O)C1(C)CCCCN1)C(C)C. The van der Waals surface area contributed by atoms with Crippen molar-refractivity contribution < 1.29 is 14.3 Å². The number of piperidine rings is 1. The molecule has 1 N–H and O–H groups in total. The van der Waals surface area contributed by atoms with Gasteiger partial charge in [0.15, 0.2) is 0 Å². The second-order valence-corrected chi connectivity index (χ2v) is 5.32. The first-order chi connectivity index (χ1) is 8.40. The van der Waals surface area contributed by atoms with Crippen molar-refractivity contribution in [2.24, 2.45) is 0 Å². The lowest BCUT2D eigenvalue weighted by atomic mass is 9.89. The van der Waals surface area contributed by atoms with E-state index < -0.39 is 5.54 Å². The summed E-state index contributed by atoms with van der Waals surface area (Å²) in [4.78, 5) is 25.5. The van der Waals surface area contributed by atoms with Crippen molar-refractivity contribution in [2.45, 2.75) is 51.6 Å². The van der Waals surface area contributed by atoms with Crippen LogP contribution >= 0.6 is 0 Å². The third-order valence-corrected chi connectivity index (χ3v) is 3.50. The highest BCUT2D eigenvalue weighted by Gasteiger charge is 2.38. The van der Waals surface area contributed by atoms with E-state index in [0.29, 0.717) is 0 Å². The number of amides is 1. The van der Waals surface area contributed by atoms with Gasteiger partial charge >= 0.3 is 5.97 Å². The summed E-state index contributed by atoms with van der Waals surface area (Å²) in [6.07, 6.45) is 2.96. The van der Waals surface area contributed by atoms with Gasteiger partial charge in [0.05, 0.1) is 12.6 Å². The van der Waals surface area contributed by atoms with Gasteiger partial charge in [-0.3, -0.25) is 9.59 Å². The topological polar surface area (TPSA) is 58.6 Å². The van der Waals surface area contributed by atoms with Crippen LogP contribution < -0.4 is 5.32 Å². The minimum absolute atomic E-state index is 0.0115. The Bertz CT molecular complexity index is 309. The van der Waals surface area contributed by atoms with Gasteiger partial charge in [-0.1, -0.05) is 0 Å². The number of hydrogen-bond acceptors (Lipinski definition) is 4. The van der Waals surface area contributed by atoms with Gasteiger partial charge in [-0.05, 0) is 46.6 Å². The molecule has 0 aromatic rings. The summed E-state index contributed by atoms with van der Waals surface area (Å²) < 4.78 is 4.65. The van der Waals surface area contributed by atoms with Crippen molar-refractivity contribution in [2.75, 3.05) is 20.2 Å². The van der Waals surface area contributed by atoms with Crippen molar-refractivity contribution in [3.8, 4) is 0 Å². The fourth-order valence-corrected chi connectivity index (χ4v) is 2.25. The summed E-state index contributed by atoms with van der Waals surface area (Å²) in [7, 11) is 1.34. The fourth-order valence-electron chi connectivity index (χ4n) is 2.25. The molecule has 5 nitrogen and oxygen atoms in total. The Morgan fingerprint density at radius 1 is 1.39 bits per heavy atom. The molecular weight excluding hydrogens is 232 g/mol. The van der Waals surface area contributed by atoms with Crippen LogP contribution in [0.4, 0.5) is 0 Å². The first-order valence-electron chi connectivity index (χ1n) is 6.53. The van der Waals surface area contributed by atoms with Crippen LogP contribution in [0.2, 0.25) is 0 Å². The van der Waals surface area contributed by atoms with E-state index >= 15 is 0 Å². The molecule has 0 radical (unpaired) electrons. The van der Waals surface area contributed by atoms with Gasteiger partial charge in [0, 0.05) is 6.04 Å². The third kappa shape index (κ3) is 3.45. The van der Waals surface area contributed by atoms with E-state index in [1.54, 1.807) is 4.90 Å². The second-order valence-electron chi connectivity index (χ2n) is 5.32. The van der Waals surface area contributed by atoms with Gasteiger partial charge in [0.1, 0.15) is 6.54 Å². The van der Waals surface area contributed by atoms with Crippen LogP contribution in [0.15, 0.2) is 0 Å². The number of ether oxygens (including phenoxy) is 1. The van der Waals surface area contributed by atoms with Gasteiger partial charge < -0.3 is 15.0 Å². The van der Waals surface area contributed by atoms with Crippen LogP contribution in [-0.4, -0.2) is 48.6 Å². The van der Waals surface area contributed by atoms with E-state index in [1.165, 1.54) is 7.11 Å². The average Bonchev–Trinajstić information content (AvgIpc) is 2.35. The Labute approximate surface area is 109 Å². The van der Waals surface area contributed by atoms with Crippen LogP contribution in [-0.2, 0) is 14.3 Å². The standard InChI is InChI=1S/C13H24N2O3/c1-10(2)15(9-11(16)18-4)12(17)13(3)7-5-6-8-14-13/h10,14H,5-9H2,1-4H3. The first kappa shape index (κ1) is 15.0. The first-order valence-corrected chi connectivity index (χ1v) is 6.53. The molecule has 1 amide bonds.